The second-order valence-electron chi connectivity index (χ2n) is 4.52. The van der Waals surface area contributed by atoms with E-state index in [-0.39, 0.29) is 11.8 Å². The predicted molar refractivity (Wildman–Crippen MR) is 63.3 cm³/mol. The Morgan fingerprint density at radius 2 is 2.31 bits per heavy atom. The van der Waals surface area contributed by atoms with Gasteiger partial charge in [-0.3, -0.25) is 0 Å². The van der Waals surface area contributed by atoms with E-state index in [0.717, 1.165) is 5.95 Å². The molecule has 1 aromatic heterocycles. The lowest BCUT2D eigenvalue weighted by atomic mass is 10.4. The first-order valence-corrected chi connectivity index (χ1v) is 7.49. The molecule has 1 fully saturated rings. The third kappa shape index (κ3) is 2.98. The number of aromatic nitrogens is 2. The molecule has 0 amide bonds. The molecule has 0 aromatic carbocycles. The third-order valence-corrected chi connectivity index (χ3v) is 3.69. The van der Waals surface area contributed by atoms with Crippen LogP contribution >= 0.6 is 0 Å². The van der Waals surface area contributed by atoms with Gasteiger partial charge in [0.1, 0.15) is 9.84 Å². The highest BCUT2D eigenvalue weighted by Gasteiger charge is 2.24. The molecule has 1 saturated carbocycles. The van der Waals surface area contributed by atoms with Crippen molar-refractivity contribution < 1.29 is 8.42 Å². The molecule has 1 heterocycles. The highest BCUT2D eigenvalue weighted by atomic mass is 32.2. The van der Waals surface area contributed by atoms with Gasteiger partial charge in [-0.05, 0) is 19.8 Å². The number of imidazole rings is 1. The molecule has 1 aromatic rings. The first kappa shape index (κ1) is 11.4. The van der Waals surface area contributed by atoms with Gasteiger partial charge in [0.25, 0.3) is 0 Å². The van der Waals surface area contributed by atoms with Crippen molar-refractivity contribution in [3.05, 3.63) is 12.4 Å². The summed E-state index contributed by atoms with van der Waals surface area (Å²) in [6.45, 7) is 1.89. The van der Waals surface area contributed by atoms with Gasteiger partial charge in [-0.15, -0.1) is 0 Å². The van der Waals surface area contributed by atoms with Crippen molar-refractivity contribution in [1.82, 2.24) is 9.55 Å². The molecule has 6 heteroatoms. The summed E-state index contributed by atoms with van der Waals surface area (Å²) in [4.78, 5) is 4.20. The van der Waals surface area contributed by atoms with Gasteiger partial charge in [-0.2, -0.15) is 0 Å². The van der Waals surface area contributed by atoms with Crippen LogP contribution in [0.15, 0.2) is 12.4 Å². The molecule has 0 radical (unpaired) electrons. The van der Waals surface area contributed by atoms with Gasteiger partial charge in [0.15, 0.2) is 0 Å². The van der Waals surface area contributed by atoms with Crippen LogP contribution in [0.4, 0.5) is 5.95 Å². The van der Waals surface area contributed by atoms with Crippen molar-refractivity contribution in [3.63, 3.8) is 0 Å². The molecular weight excluding hydrogens is 226 g/mol. The molecule has 1 N–H and O–H groups in total. The van der Waals surface area contributed by atoms with Crippen molar-refractivity contribution in [2.75, 3.05) is 17.3 Å². The quantitative estimate of drug-likeness (QED) is 0.840. The Balaban J connectivity index is 2.09. The molecule has 1 aliphatic rings. The van der Waals surface area contributed by atoms with Crippen LogP contribution in [0.3, 0.4) is 0 Å². The molecule has 1 unspecified atom stereocenters. The van der Waals surface area contributed by atoms with E-state index < -0.39 is 9.84 Å². The lowest BCUT2D eigenvalue weighted by Gasteiger charge is -2.15. The zero-order valence-electron chi connectivity index (χ0n) is 9.55. The SMILES string of the molecule is CC(CS(C)(=O)=O)n1ccnc1NC1CC1. The van der Waals surface area contributed by atoms with Crippen LogP contribution < -0.4 is 5.32 Å². The van der Waals surface area contributed by atoms with E-state index in [0.29, 0.717) is 6.04 Å². The largest absolute Gasteiger partial charge is 0.353 e. The highest BCUT2D eigenvalue weighted by molar-refractivity contribution is 7.90. The summed E-state index contributed by atoms with van der Waals surface area (Å²) in [5.74, 6) is 0.918. The maximum atomic E-state index is 11.2. The van der Waals surface area contributed by atoms with Crippen molar-refractivity contribution in [1.29, 1.82) is 0 Å². The minimum absolute atomic E-state index is 0.0845. The summed E-state index contributed by atoms with van der Waals surface area (Å²) < 4.78 is 24.3. The summed E-state index contributed by atoms with van der Waals surface area (Å²) in [5, 5.41) is 3.29. The molecular formula is C10H17N3O2S. The normalized spacial score (nSPS) is 18.4. The molecule has 0 aliphatic heterocycles. The second-order valence-corrected chi connectivity index (χ2v) is 6.70. The first-order valence-electron chi connectivity index (χ1n) is 5.43. The van der Waals surface area contributed by atoms with Crippen LogP contribution in [0.1, 0.15) is 25.8 Å². The van der Waals surface area contributed by atoms with Crippen LogP contribution in [-0.2, 0) is 9.84 Å². The van der Waals surface area contributed by atoms with Crippen molar-refractivity contribution >= 4 is 15.8 Å². The van der Waals surface area contributed by atoms with Gasteiger partial charge in [0.05, 0.1) is 5.75 Å². The fourth-order valence-corrected chi connectivity index (χ4v) is 2.75. The summed E-state index contributed by atoms with van der Waals surface area (Å²) in [6, 6.07) is 0.435. The average molecular weight is 243 g/mol. The number of nitrogens with zero attached hydrogens (tertiary/aromatic N) is 2. The topological polar surface area (TPSA) is 64.0 Å². The molecule has 1 aliphatic carbocycles. The second kappa shape index (κ2) is 4.08. The molecule has 90 valence electrons. The van der Waals surface area contributed by atoms with Gasteiger partial charge in [0, 0.05) is 30.7 Å². The van der Waals surface area contributed by atoms with E-state index in [1.54, 1.807) is 6.20 Å². The maximum absolute atomic E-state index is 11.2. The van der Waals surface area contributed by atoms with Crippen LogP contribution in [-0.4, -0.2) is 36.0 Å². The zero-order chi connectivity index (χ0) is 11.8. The van der Waals surface area contributed by atoms with Gasteiger partial charge in [-0.1, -0.05) is 0 Å². The molecule has 2 rings (SSSR count). The summed E-state index contributed by atoms with van der Waals surface area (Å²) in [6.07, 6.45) is 7.12. The number of sulfone groups is 1. The minimum atomic E-state index is -2.96. The number of hydrogen-bond acceptors (Lipinski definition) is 4. The fraction of sp³-hybridized carbons (Fsp3) is 0.700. The molecule has 0 spiro atoms. The van der Waals surface area contributed by atoms with Gasteiger partial charge >= 0.3 is 0 Å². The van der Waals surface area contributed by atoms with E-state index >= 15 is 0 Å². The molecule has 0 bridgehead atoms. The fourth-order valence-electron chi connectivity index (χ4n) is 1.71. The van der Waals surface area contributed by atoms with E-state index in [4.69, 9.17) is 0 Å². The van der Waals surface area contributed by atoms with E-state index in [1.807, 2.05) is 17.7 Å². The van der Waals surface area contributed by atoms with E-state index in [1.165, 1.54) is 19.1 Å². The Hall–Kier alpha value is -1.04. The van der Waals surface area contributed by atoms with Crippen molar-refractivity contribution in [3.8, 4) is 0 Å². The Morgan fingerprint density at radius 3 is 2.88 bits per heavy atom. The Kier molecular flexibility index (Phi) is 2.92. The number of rotatable bonds is 5. The third-order valence-electron chi connectivity index (χ3n) is 2.60. The van der Waals surface area contributed by atoms with Crippen LogP contribution in [0, 0.1) is 0 Å². The lowest BCUT2D eigenvalue weighted by molar-refractivity contribution is 0.564. The Morgan fingerprint density at radius 1 is 1.62 bits per heavy atom. The van der Waals surface area contributed by atoms with Crippen molar-refractivity contribution in [2.24, 2.45) is 0 Å². The van der Waals surface area contributed by atoms with E-state index in [2.05, 4.69) is 10.3 Å². The van der Waals surface area contributed by atoms with Crippen molar-refractivity contribution in [2.45, 2.75) is 31.8 Å². The average Bonchev–Trinajstić information content (AvgIpc) is 2.78. The monoisotopic (exact) mass is 243 g/mol. The van der Waals surface area contributed by atoms with Crippen LogP contribution in [0.2, 0.25) is 0 Å². The molecule has 1 atom stereocenters. The summed E-state index contributed by atoms with van der Waals surface area (Å²) >= 11 is 0. The first-order chi connectivity index (χ1) is 7.46. The van der Waals surface area contributed by atoms with Crippen LogP contribution in [0.25, 0.3) is 0 Å². The van der Waals surface area contributed by atoms with Gasteiger partial charge in [0.2, 0.25) is 5.95 Å². The lowest BCUT2D eigenvalue weighted by Crippen LogP contribution is -2.18. The maximum Gasteiger partial charge on any atom is 0.203 e. The number of anilines is 1. The predicted octanol–water partition coefficient (Wildman–Crippen LogP) is 1.06. The van der Waals surface area contributed by atoms with Crippen LogP contribution in [0.5, 0.6) is 0 Å². The Labute approximate surface area is 95.8 Å². The summed E-state index contributed by atoms with van der Waals surface area (Å²) in [7, 11) is -2.96. The minimum Gasteiger partial charge on any atom is -0.353 e. The standard InChI is InChI=1S/C10H17N3O2S/c1-8(7-16(2,14)15)13-6-5-11-10(13)12-9-3-4-9/h5-6,8-9H,3-4,7H2,1-2H3,(H,11,12). The molecule has 16 heavy (non-hydrogen) atoms. The number of hydrogen-bond donors (Lipinski definition) is 1. The highest BCUT2D eigenvalue weighted by Crippen LogP contribution is 2.25. The Bertz CT molecular complexity index is 462. The van der Waals surface area contributed by atoms with E-state index in [9.17, 15) is 8.42 Å². The zero-order valence-corrected chi connectivity index (χ0v) is 10.4. The molecule has 5 nitrogen and oxygen atoms in total. The smallest absolute Gasteiger partial charge is 0.203 e. The molecule has 0 saturated heterocycles. The number of nitrogens with one attached hydrogen (secondary N) is 1. The van der Waals surface area contributed by atoms with Gasteiger partial charge < -0.3 is 9.88 Å². The van der Waals surface area contributed by atoms with Gasteiger partial charge in [-0.25, -0.2) is 13.4 Å². The summed E-state index contributed by atoms with van der Waals surface area (Å²) in [5.41, 5.74) is 0.